The number of hydrogen-bond donors (Lipinski definition) is 1. The smallest absolute Gasteiger partial charge is 0.242 e. The van der Waals surface area contributed by atoms with Crippen LogP contribution >= 0.6 is 0 Å². The first-order valence-electron chi connectivity index (χ1n) is 6.52. The SMILES string of the molecule is CCC(NC(=O)Cn1cc(C)cn1)c1ccccc1. The molecule has 1 amide bonds. The molecule has 0 aliphatic rings. The maximum atomic E-state index is 12.0. The molecule has 1 aromatic heterocycles. The number of nitrogens with one attached hydrogen (secondary N) is 1. The molecule has 0 bridgehead atoms. The van der Waals surface area contributed by atoms with E-state index in [0.29, 0.717) is 0 Å². The standard InChI is InChI=1S/C15H19N3O/c1-3-14(13-7-5-4-6-8-13)17-15(19)11-18-10-12(2)9-16-18/h4-10,14H,3,11H2,1-2H3,(H,17,19). The number of amides is 1. The molecule has 0 aliphatic carbocycles. The Bertz CT molecular complexity index is 533. The molecule has 2 aromatic rings. The Morgan fingerprint density at radius 3 is 2.68 bits per heavy atom. The average molecular weight is 257 g/mol. The van der Waals surface area contributed by atoms with Crippen molar-refractivity contribution in [3.05, 3.63) is 53.9 Å². The monoisotopic (exact) mass is 257 g/mol. The lowest BCUT2D eigenvalue weighted by Crippen LogP contribution is -2.31. The number of carbonyl (C=O) groups excluding carboxylic acids is 1. The minimum Gasteiger partial charge on any atom is -0.348 e. The summed E-state index contributed by atoms with van der Waals surface area (Å²) in [6.07, 6.45) is 4.48. The molecule has 4 nitrogen and oxygen atoms in total. The van der Waals surface area contributed by atoms with Gasteiger partial charge in [0.05, 0.1) is 12.2 Å². The van der Waals surface area contributed by atoms with Crippen molar-refractivity contribution >= 4 is 5.91 Å². The second-order valence-corrected chi connectivity index (χ2v) is 4.65. The summed E-state index contributed by atoms with van der Waals surface area (Å²) in [6, 6.07) is 10.1. The Hall–Kier alpha value is -2.10. The second-order valence-electron chi connectivity index (χ2n) is 4.65. The topological polar surface area (TPSA) is 46.9 Å². The molecule has 0 radical (unpaired) electrons. The van der Waals surface area contributed by atoms with Gasteiger partial charge in [-0.1, -0.05) is 37.3 Å². The van der Waals surface area contributed by atoms with Gasteiger partial charge in [-0.15, -0.1) is 0 Å². The van der Waals surface area contributed by atoms with Crippen molar-refractivity contribution in [3.8, 4) is 0 Å². The van der Waals surface area contributed by atoms with Gasteiger partial charge in [0, 0.05) is 6.20 Å². The zero-order valence-electron chi connectivity index (χ0n) is 11.3. The summed E-state index contributed by atoms with van der Waals surface area (Å²) in [5, 5.41) is 7.16. The Balaban J connectivity index is 1.97. The number of benzene rings is 1. The predicted octanol–water partition coefficient (Wildman–Crippen LogP) is 2.46. The summed E-state index contributed by atoms with van der Waals surface area (Å²) in [5.74, 6) is -0.0150. The van der Waals surface area contributed by atoms with Crippen LogP contribution in [0.15, 0.2) is 42.7 Å². The number of hydrogen-bond acceptors (Lipinski definition) is 2. The first-order valence-corrected chi connectivity index (χ1v) is 6.52. The Morgan fingerprint density at radius 1 is 1.37 bits per heavy atom. The summed E-state index contributed by atoms with van der Waals surface area (Å²) < 4.78 is 1.66. The van der Waals surface area contributed by atoms with E-state index in [0.717, 1.165) is 17.5 Å². The van der Waals surface area contributed by atoms with Gasteiger partial charge in [0.1, 0.15) is 6.54 Å². The lowest BCUT2D eigenvalue weighted by atomic mass is 10.0. The number of rotatable bonds is 5. The largest absolute Gasteiger partial charge is 0.348 e. The van der Waals surface area contributed by atoms with Gasteiger partial charge in [-0.2, -0.15) is 5.10 Å². The number of nitrogens with zero attached hydrogens (tertiary/aromatic N) is 2. The van der Waals surface area contributed by atoms with E-state index in [9.17, 15) is 4.79 Å². The van der Waals surface area contributed by atoms with Crippen molar-refractivity contribution in [2.75, 3.05) is 0 Å². The van der Waals surface area contributed by atoms with Gasteiger partial charge in [-0.05, 0) is 24.5 Å². The van der Waals surface area contributed by atoms with Gasteiger partial charge in [0.15, 0.2) is 0 Å². The molecule has 1 atom stereocenters. The molecule has 1 unspecified atom stereocenters. The number of carbonyl (C=O) groups is 1. The highest BCUT2D eigenvalue weighted by Gasteiger charge is 2.12. The molecule has 0 saturated heterocycles. The molecule has 100 valence electrons. The third-order valence-electron chi connectivity index (χ3n) is 3.01. The molecule has 0 aliphatic heterocycles. The van der Waals surface area contributed by atoms with E-state index in [1.165, 1.54) is 0 Å². The quantitative estimate of drug-likeness (QED) is 0.894. The van der Waals surface area contributed by atoms with Gasteiger partial charge < -0.3 is 5.32 Å². The lowest BCUT2D eigenvalue weighted by Gasteiger charge is -2.17. The van der Waals surface area contributed by atoms with E-state index in [1.54, 1.807) is 10.9 Å². The van der Waals surface area contributed by atoms with Crippen molar-refractivity contribution in [1.82, 2.24) is 15.1 Å². The maximum absolute atomic E-state index is 12.0. The Kier molecular flexibility index (Phi) is 4.34. The zero-order valence-corrected chi connectivity index (χ0v) is 11.3. The Labute approximate surface area is 113 Å². The molecule has 19 heavy (non-hydrogen) atoms. The van der Waals surface area contributed by atoms with Gasteiger partial charge in [-0.3, -0.25) is 9.48 Å². The molecule has 0 saturated carbocycles. The summed E-state index contributed by atoms with van der Waals surface area (Å²) in [5.41, 5.74) is 2.19. The van der Waals surface area contributed by atoms with Crippen molar-refractivity contribution in [2.45, 2.75) is 32.9 Å². The van der Waals surface area contributed by atoms with E-state index in [4.69, 9.17) is 0 Å². The Morgan fingerprint density at radius 2 is 2.11 bits per heavy atom. The number of aryl methyl sites for hydroxylation is 1. The van der Waals surface area contributed by atoms with Crippen molar-refractivity contribution < 1.29 is 4.79 Å². The van der Waals surface area contributed by atoms with Crippen LogP contribution in [0.4, 0.5) is 0 Å². The maximum Gasteiger partial charge on any atom is 0.242 e. The highest BCUT2D eigenvalue weighted by molar-refractivity contribution is 5.76. The molecule has 1 aromatic carbocycles. The summed E-state index contributed by atoms with van der Waals surface area (Å²) in [7, 11) is 0. The van der Waals surface area contributed by atoms with Crippen LogP contribution in [0.25, 0.3) is 0 Å². The fraction of sp³-hybridized carbons (Fsp3) is 0.333. The van der Waals surface area contributed by atoms with E-state index >= 15 is 0 Å². The zero-order chi connectivity index (χ0) is 13.7. The van der Waals surface area contributed by atoms with Crippen LogP contribution < -0.4 is 5.32 Å². The van der Waals surface area contributed by atoms with Gasteiger partial charge >= 0.3 is 0 Å². The van der Waals surface area contributed by atoms with Crippen molar-refractivity contribution in [2.24, 2.45) is 0 Å². The lowest BCUT2D eigenvalue weighted by molar-refractivity contribution is -0.122. The first kappa shape index (κ1) is 13.3. The second kappa shape index (κ2) is 6.18. The average Bonchev–Trinajstić information content (AvgIpc) is 2.82. The van der Waals surface area contributed by atoms with Gasteiger partial charge in [0.2, 0.25) is 5.91 Å². The van der Waals surface area contributed by atoms with E-state index in [2.05, 4.69) is 17.3 Å². The van der Waals surface area contributed by atoms with Crippen LogP contribution in [0.5, 0.6) is 0 Å². The van der Waals surface area contributed by atoms with Crippen LogP contribution in [-0.4, -0.2) is 15.7 Å². The summed E-state index contributed by atoms with van der Waals surface area (Å²) in [4.78, 5) is 12.0. The minimum absolute atomic E-state index is 0.0150. The molecule has 1 heterocycles. The van der Waals surface area contributed by atoms with Crippen LogP contribution in [0.1, 0.15) is 30.5 Å². The number of aromatic nitrogens is 2. The highest BCUT2D eigenvalue weighted by Crippen LogP contribution is 2.15. The van der Waals surface area contributed by atoms with Crippen LogP contribution in [0.3, 0.4) is 0 Å². The van der Waals surface area contributed by atoms with Crippen molar-refractivity contribution in [3.63, 3.8) is 0 Å². The van der Waals surface area contributed by atoms with E-state index < -0.39 is 0 Å². The first-order chi connectivity index (χ1) is 9.19. The van der Waals surface area contributed by atoms with Gasteiger partial charge in [-0.25, -0.2) is 0 Å². The van der Waals surface area contributed by atoms with Crippen molar-refractivity contribution in [1.29, 1.82) is 0 Å². The molecule has 4 heteroatoms. The fourth-order valence-corrected chi connectivity index (χ4v) is 2.05. The van der Waals surface area contributed by atoms with Crippen LogP contribution in [0.2, 0.25) is 0 Å². The van der Waals surface area contributed by atoms with E-state index in [1.807, 2.05) is 43.5 Å². The highest BCUT2D eigenvalue weighted by atomic mass is 16.2. The molecule has 0 spiro atoms. The molecule has 1 N–H and O–H groups in total. The van der Waals surface area contributed by atoms with Crippen LogP contribution in [-0.2, 0) is 11.3 Å². The molecule has 0 fully saturated rings. The van der Waals surface area contributed by atoms with Gasteiger partial charge in [0.25, 0.3) is 0 Å². The third-order valence-corrected chi connectivity index (χ3v) is 3.01. The fourth-order valence-electron chi connectivity index (χ4n) is 2.05. The third kappa shape index (κ3) is 3.68. The molecular weight excluding hydrogens is 238 g/mol. The minimum atomic E-state index is -0.0150. The molecule has 2 rings (SSSR count). The predicted molar refractivity (Wildman–Crippen MR) is 74.6 cm³/mol. The summed E-state index contributed by atoms with van der Waals surface area (Å²) >= 11 is 0. The summed E-state index contributed by atoms with van der Waals surface area (Å²) in [6.45, 7) is 4.29. The normalized spacial score (nSPS) is 12.1. The molecular formula is C15H19N3O. The van der Waals surface area contributed by atoms with E-state index in [-0.39, 0.29) is 18.5 Å². The van der Waals surface area contributed by atoms with Crippen LogP contribution in [0, 0.1) is 6.92 Å².